The number of H-pyrrole nitrogens is 1. The summed E-state index contributed by atoms with van der Waals surface area (Å²) < 4.78 is 4.93. The summed E-state index contributed by atoms with van der Waals surface area (Å²) in [5, 5.41) is 2.72. The zero-order chi connectivity index (χ0) is 19.7. The number of aromatic nitrogens is 2. The minimum Gasteiger partial charge on any atom is -0.381 e. The molecule has 10 nitrogen and oxygen atoms in total. The fraction of sp³-hybridized carbons (Fsp3) is 0.438. The number of methoxy groups -OCH3 is 1. The van der Waals surface area contributed by atoms with Gasteiger partial charge in [-0.15, -0.1) is 0 Å². The van der Waals surface area contributed by atoms with Gasteiger partial charge in [-0.2, -0.15) is 4.98 Å². The first kappa shape index (κ1) is 21.0. The molecule has 1 aromatic heterocycles. The van der Waals surface area contributed by atoms with Gasteiger partial charge in [0.2, 0.25) is 11.9 Å². The molecule has 0 fully saturated rings. The Morgan fingerprint density at radius 1 is 1.38 bits per heavy atom. The maximum absolute atomic E-state index is 12.2. The molecule has 0 aliphatic rings. The number of nitrogens with two attached hydrogens (primary N) is 2. The minimum atomic E-state index is -0.956. The Balaban J connectivity index is 3.40. The molecule has 0 bridgehead atoms. The van der Waals surface area contributed by atoms with E-state index in [-0.39, 0.29) is 17.3 Å². The van der Waals surface area contributed by atoms with Crippen molar-refractivity contribution in [3.8, 4) is 0 Å². The first-order valence-corrected chi connectivity index (χ1v) is 8.06. The van der Waals surface area contributed by atoms with Gasteiger partial charge < -0.3 is 21.5 Å². The van der Waals surface area contributed by atoms with Gasteiger partial charge in [0.05, 0.1) is 6.61 Å². The lowest BCUT2D eigenvalue weighted by atomic mass is 10.2. The molecule has 0 aliphatic carbocycles. The lowest BCUT2D eigenvalue weighted by molar-refractivity contribution is -0.118. The summed E-state index contributed by atoms with van der Waals surface area (Å²) in [5.41, 5.74) is 9.99. The van der Waals surface area contributed by atoms with Gasteiger partial charge in [0.15, 0.2) is 5.82 Å². The predicted molar refractivity (Wildman–Crippen MR) is 98.7 cm³/mol. The Labute approximate surface area is 150 Å². The number of allylic oxidation sites excluding steroid dienone is 1. The number of ether oxygens (including phenoxy) is 1. The summed E-state index contributed by atoms with van der Waals surface area (Å²) >= 11 is 0. The molecule has 26 heavy (non-hydrogen) atoms. The molecule has 0 aromatic carbocycles. The number of primary amides is 2. The number of hydrogen-bond acceptors (Lipinski definition) is 7. The van der Waals surface area contributed by atoms with E-state index in [0.717, 1.165) is 0 Å². The lowest BCUT2D eigenvalue weighted by Crippen LogP contribution is -2.36. The van der Waals surface area contributed by atoms with Crippen LogP contribution < -0.4 is 22.3 Å². The van der Waals surface area contributed by atoms with Crippen LogP contribution >= 0.6 is 0 Å². The van der Waals surface area contributed by atoms with Gasteiger partial charge in [-0.25, -0.2) is 4.99 Å². The molecule has 10 heteroatoms. The third-order valence-corrected chi connectivity index (χ3v) is 3.39. The number of aliphatic imine (C=N–C) groups is 1. The zero-order valence-electron chi connectivity index (χ0n) is 15.0. The van der Waals surface area contributed by atoms with Crippen LogP contribution in [0.25, 0.3) is 0 Å². The van der Waals surface area contributed by atoms with E-state index in [0.29, 0.717) is 25.2 Å². The highest BCUT2D eigenvalue weighted by atomic mass is 16.5. The molecular formula is C16H24N6O4. The van der Waals surface area contributed by atoms with E-state index in [4.69, 9.17) is 16.2 Å². The highest BCUT2D eigenvalue weighted by molar-refractivity contribution is 6.01. The normalized spacial score (nSPS) is 13.0. The summed E-state index contributed by atoms with van der Waals surface area (Å²) in [6.45, 7) is 3.98. The minimum absolute atomic E-state index is 0.0271. The van der Waals surface area contributed by atoms with Crippen LogP contribution in [0.5, 0.6) is 0 Å². The average molecular weight is 364 g/mol. The van der Waals surface area contributed by atoms with Gasteiger partial charge in [0, 0.05) is 12.8 Å². The van der Waals surface area contributed by atoms with Gasteiger partial charge in [-0.1, -0.05) is 19.9 Å². The molecule has 0 saturated carbocycles. The maximum atomic E-state index is 12.2. The van der Waals surface area contributed by atoms with Crippen LogP contribution in [-0.4, -0.2) is 47.3 Å². The fourth-order valence-electron chi connectivity index (χ4n) is 2.02. The van der Waals surface area contributed by atoms with E-state index < -0.39 is 23.4 Å². The number of nitrogens with zero attached hydrogens (tertiary/aromatic N) is 2. The monoisotopic (exact) mass is 364 g/mol. The Morgan fingerprint density at radius 3 is 2.58 bits per heavy atom. The van der Waals surface area contributed by atoms with Crippen molar-refractivity contribution >= 4 is 29.3 Å². The van der Waals surface area contributed by atoms with E-state index in [1.165, 1.54) is 0 Å². The van der Waals surface area contributed by atoms with Crippen molar-refractivity contribution in [2.45, 2.75) is 32.7 Å². The second-order valence-corrected chi connectivity index (χ2v) is 5.30. The smallest absolute Gasteiger partial charge is 0.267 e. The first-order valence-electron chi connectivity index (χ1n) is 8.06. The molecule has 1 atom stereocenters. The van der Waals surface area contributed by atoms with E-state index in [1.807, 2.05) is 6.92 Å². The number of carbonyl (C=O) groups is 2. The van der Waals surface area contributed by atoms with Crippen LogP contribution in [0.3, 0.4) is 0 Å². The molecule has 0 spiro atoms. The quantitative estimate of drug-likeness (QED) is 0.434. The molecular weight excluding hydrogens is 340 g/mol. The highest BCUT2D eigenvalue weighted by Gasteiger charge is 2.19. The molecule has 6 N–H and O–H groups in total. The van der Waals surface area contributed by atoms with Crippen LogP contribution in [0, 0.1) is 0 Å². The number of nitrogens with one attached hydrogen (secondary N) is 2. The Bertz CT molecular complexity index is 768. The largest absolute Gasteiger partial charge is 0.381 e. The van der Waals surface area contributed by atoms with Crippen molar-refractivity contribution in [3.63, 3.8) is 0 Å². The molecule has 1 aromatic rings. The van der Waals surface area contributed by atoms with Crippen LogP contribution in [0.15, 0.2) is 21.9 Å². The van der Waals surface area contributed by atoms with Crippen molar-refractivity contribution in [2.75, 3.05) is 19.0 Å². The van der Waals surface area contributed by atoms with Crippen molar-refractivity contribution in [1.29, 1.82) is 0 Å². The summed E-state index contributed by atoms with van der Waals surface area (Å²) in [6, 6.07) is -0.735. The number of anilines is 1. The second kappa shape index (κ2) is 10.1. The number of carbonyl (C=O) groups excluding carboxylic acids is 2. The van der Waals surface area contributed by atoms with E-state index in [2.05, 4.69) is 20.3 Å². The predicted octanol–water partition coefficient (Wildman–Crippen LogP) is 0.230. The van der Waals surface area contributed by atoms with Crippen LogP contribution in [0.4, 0.5) is 11.8 Å². The van der Waals surface area contributed by atoms with E-state index in [1.54, 1.807) is 26.2 Å². The Hall–Kier alpha value is -3.01. The summed E-state index contributed by atoms with van der Waals surface area (Å²) in [7, 11) is 1.55. The molecule has 2 amide bonds. The fourth-order valence-corrected chi connectivity index (χ4v) is 2.02. The zero-order valence-corrected chi connectivity index (χ0v) is 15.0. The Morgan fingerprint density at radius 2 is 2.08 bits per heavy atom. The molecule has 0 radical (unpaired) electrons. The van der Waals surface area contributed by atoms with Crippen LogP contribution in [-0.2, 0) is 9.53 Å². The lowest BCUT2D eigenvalue weighted by Gasteiger charge is -2.14. The second-order valence-electron chi connectivity index (χ2n) is 5.30. The molecule has 1 heterocycles. The summed E-state index contributed by atoms with van der Waals surface area (Å²) in [4.78, 5) is 45.9. The van der Waals surface area contributed by atoms with Gasteiger partial charge in [-0.3, -0.25) is 19.4 Å². The average Bonchev–Trinajstić information content (AvgIpc) is 2.57. The standard InChI is InChI=1S/C16H24N6O4/c1-4-9(7-6-8-26-3)19-14-11(13(18)24)15(25)22-16(21-14)20-10(5-2)12(17)23/h6-7,10H,4-5,8H2,1-3H3,(H2,17,23)(H2,18,24)(H2,20,21,22,25)/b7-6-,19-9?. The molecule has 1 rings (SSSR count). The van der Waals surface area contributed by atoms with Gasteiger partial charge in [0.25, 0.3) is 11.5 Å². The number of rotatable bonds is 10. The topological polar surface area (TPSA) is 166 Å². The van der Waals surface area contributed by atoms with Crippen LogP contribution in [0.1, 0.15) is 37.0 Å². The van der Waals surface area contributed by atoms with Crippen molar-refractivity contribution in [3.05, 3.63) is 28.1 Å². The SMILES string of the molecule is CCC(/C=C\COC)=Nc1nc(NC(CC)C(N)=O)[nH]c(=O)c1C(N)=O. The van der Waals surface area contributed by atoms with E-state index >= 15 is 0 Å². The maximum Gasteiger partial charge on any atom is 0.267 e. The van der Waals surface area contributed by atoms with Gasteiger partial charge >= 0.3 is 0 Å². The molecule has 142 valence electrons. The van der Waals surface area contributed by atoms with Gasteiger partial charge in [-0.05, 0) is 18.9 Å². The third kappa shape index (κ3) is 5.81. The van der Waals surface area contributed by atoms with Crippen molar-refractivity contribution < 1.29 is 14.3 Å². The number of aromatic amines is 1. The van der Waals surface area contributed by atoms with Crippen LogP contribution in [0.2, 0.25) is 0 Å². The number of hydrogen-bond donors (Lipinski definition) is 4. The Kier molecular flexibility index (Phi) is 8.16. The number of amides is 2. The summed E-state index contributed by atoms with van der Waals surface area (Å²) in [5.74, 6) is -1.72. The van der Waals surface area contributed by atoms with Crippen molar-refractivity contribution in [2.24, 2.45) is 16.5 Å². The molecule has 1 unspecified atom stereocenters. The first-order chi connectivity index (χ1) is 12.3. The van der Waals surface area contributed by atoms with E-state index in [9.17, 15) is 14.4 Å². The molecule has 0 aliphatic heterocycles. The third-order valence-electron chi connectivity index (χ3n) is 3.39. The van der Waals surface area contributed by atoms with Gasteiger partial charge in [0.1, 0.15) is 11.6 Å². The highest BCUT2D eigenvalue weighted by Crippen LogP contribution is 2.16. The molecule has 0 saturated heterocycles. The summed E-state index contributed by atoms with van der Waals surface area (Å²) in [6.07, 6.45) is 4.34. The van der Waals surface area contributed by atoms with Crippen molar-refractivity contribution in [1.82, 2.24) is 9.97 Å².